The molecule has 136 valence electrons. The van der Waals surface area contributed by atoms with Crippen molar-refractivity contribution in [3.63, 3.8) is 0 Å². The Morgan fingerprint density at radius 3 is 1.96 bits per heavy atom. The van der Waals surface area contributed by atoms with Crippen LogP contribution in [-0.2, 0) is 17.4 Å². The average Bonchev–Trinajstić information content (AvgIpc) is 2.56. The van der Waals surface area contributed by atoms with Gasteiger partial charge in [-0.3, -0.25) is 0 Å². The molecule has 0 aliphatic carbocycles. The van der Waals surface area contributed by atoms with Crippen LogP contribution in [0, 0.1) is 0 Å². The number of hydrogen-bond donors (Lipinski definition) is 1. The van der Waals surface area contributed by atoms with E-state index in [4.69, 9.17) is 0 Å². The maximum absolute atomic E-state index is 12.4. The summed E-state index contributed by atoms with van der Waals surface area (Å²) in [6.07, 6.45) is -2.16. The maximum atomic E-state index is 12.4. The van der Waals surface area contributed by atoms with Gasteiger partial charge in [-0.05, 0) is 25.1 Å². The lowest BCUT2D eigenvalue weighted by atomic mass is 10.0. The highest BCUT2D eigenvalue weighted by Crippen LogP contribution is 2.29. The van der Waals surface area contributed by atoms with Gasteiger partial charge in [0.1, 0.15) is 6.29 Å². The van der Waals surface area contributed by atoms with Crippen LogP contribution < -0.4 is 5.32 Å². The molecule has 5 heteroatoms. The first-order valence-corrected chi connectivity index (χ1v) is 8.17. The minimum atomic E-state index is -4.34. The van der Waals surface area contributed by atoms with Crippen LogP contribution in [0.1, 0.15) is 59.1 Å². The molecule has 0 heterocycles. The standard InChI is InChI=1S/C11H12F3NO.C3H8.2C2H6/c1-15-10(7-16)6-8-3-2-4-9(5-8)11(12,13)14;1-3-2;2*1-2/h2-5,7,10,15H,6H2,1H3;3H2,1-2H3;2*1-2H3. The van der Waals surface area contributed by atoms with Crippen molar-refractivity contribution in [3.05, 3.63) is 35.4 Å². The molecule has 0 fully saturated rings. The van der Waals surface area contributed by atoms with Gasteiger partial charge < -0.3 is 10.1 Å². The molecule has 1 atom stereocenters. The zero-order valence-corrected chi connectivity index (χ0v) is 15.4. The number of nitrogens with one attached hydrogen (secondary N) is 1. The Kier molecular flexibility index (Phi) is 19.6. The molecule has 0 aromatic heterocycles. The van der Waals surface area contributed by atoms with E-state index in [-0.39, 0.29) is 6.42 Å². The second kappa shape index (κ2) is 17.0. The molecule has 0 aliphatic heterocycles. The first-order valence-electron chi connectivity index (χ1n) is 8.17. The Hall–Kier alpha value is -1.36. The molecule has 0 radical (unpaired) electrons. The van der Waals surface area contributed by atoms with Gasteiger partial charge in [-0.15, -0.1) is 0 Å². The minimum absolute atomic E-state index is 0.254. The summed E-state index contributed by atoms with van der Waals surface area (Å²) in [5, 5.41) is 2.71. The second-order valence-electron chi connectivity index (χ2n) is 4.14. The van der Waals surface area contributed by atoms with E-state index in [1.165, 1.54) is 12.5 Å². The molecule has 0 saturated carbocycles. The van der Waals surface area contributed by atoms with Crippen LogP contribution in [0.5, 0.6) is 0 Å². The van der Waals surface area contributed by atoms with Crippen LogP contribution in [-0.4, -0.2) is 19.4 Å². The summed E-state index contributed by atoms with van der Waals surface area (Å²) in [5.74, 6) is 0. The lowest BCUT2D eigenvalue weighted by molar-refractivity contribution is -0.137. The predicted molar refractivity (Wildman–Crippen MR) is 92.7 cm³/mol. The van der Waals surface area contributed by atoms with Gasteiger partial charge >= 0.3 is 6.18 Å². The lowest BCUT2D eigenvalue weighted by Gasteiger charge is -2.11. The summed E-state index contributed by atoms with van der Waals surface area (Å²) in [7, 11) is 1.59. The van der Waals surface area contributed by atoms with E-state index < -0.39 is 17.8 Å². The van der Waals surface area contributed by atoms with Gasteiger partial charge in [0.2, 0.25) is 0 Å². The van der Waals surface area contributed by atoms with Crippen LogP contribution in [0.3, 0.4) is 0 Å². The molecule has 1 rings (SSSR count). The van der Waals surface area contributed by atoms with Crippen LogP contribution in [0.15, 0.2) is 24.3 Å². The normalized spacial score (nSPS) is 10.7. The summed E-state index contributed by atoms with van der Waals surface area (Å²) in [6.45, 7) is 12.2. The topological polar surface area (TPSA) is 29.1 Å². The molecule has 0 amide bonds. The lowest BCUT2D eigenvalue weighted by Crippen LogP contribution is -2.28. The van der Waals surface area contributed by atoms with E-state index in [0.29, 0.717) is 11.8 Å². The third kappa shape index (κ3) is 14.0. The summed E-state index contributed by atoms with van der Waals surface area (Å²) in [5.41, 5.74) is -0.202. The van der Waals surface area contributed by atoms with E-state index in [1.54, 1.807) is 13.1 Å². The number of likely N-dealkylation sites (N-methyl/N-ethyl adjacent to an activating group) is 1. The van der Waals surface area contributed by atoms with Gasteiger partial charge in [-0.25, -0.2) is 0 Å². The predicted octanol–water partition coefficient (Wildman–Crippen LogP) is 5.50. The third-order valence-electron chi connectivity index (χ3n) is 2.24. The monoisotopic (exact) mass is 335 g/mol. The van der Waals surface area contributed by atoms with Gasteiger partial charge in [0.25, 0.3) is 0 Å². The van der Waals surface area contributed by atoms with Gasteiger partial charge in [0.15, 0.2) is 0 Å². The number of aldehydes is 1. The molecule has 0 bridgehead atoms. The van der Waals surface area contributed by atoms with Crippen molar-refractivity contribution in [2.75, 3.05) is 7.05 Å². The first kappa shape index (κ1) is 26.5. The van der Waals surface area contributed by atoms with Crippen molar-refractivity contribution in [2.24, 2.45) is 0 Å². The van der Waals surface area contributed by atoms with Gasteiger partial charge in [-0.1, -0.05) is 66.2 Å². The number of benzene rings is 1. The molecular formula is C18H32F3NO. The van der Waals surface area contributed by atoms with Gasteiger partial charge in [0, 0.05) is 0 Å². The van der Waals surface area contributed by atoms with E-state index in [0.717, 1.165) is 12.1 Å². The maximum Gasteiger partial charge on any atom is 0.416 e. The number of alkyl halides is 3. The Bertz CT molecular complexity index is 379. The molecule has 0 aliphatic rings. The Labute approximate surface area is 139 Å². The number of carbonyl (C=O) groups is 1. The van der Waals surface area contributed by atoms with Crippen molar-refractivity contribution in [1.29, 1.82) is 0 Å². The van der Waals surface area contributed by atoms with Gasteiger partial charge in [0.05, 0.1) is 11.6 Å². The molecule has 1 aromatic rings. The Morgan fingerprint density at radius 2 is 1.61 bits per heavy atom. The smallest absolute Gasteiger partial charge is 0.311 e. The van der Waals surface area contributed by atoms with Crippen LogP contribution in [0.2, 0.25) is 0 Å². The van der Waals surface area contributed by atoms with Crippen LogP contribution in [0.4, 0.5) is 13.2 Å². The van der Waals surface area contributed by atoms with Crippen molar-refractivity contribution in [2.45, 2.75) is 66.6 Å². The number of halogens is 3. The summed E-state index contributed by atoms with van der Waals surface area (Å²) in [6, 6.07) is 4.54. The van der Waals surface area contributed by atoms with Crippen molar-refractivity contribution in [3.8, 4) is 0 Å². The van der Waals surface area contributed by atoms with Gasteiger partial charge in [-0.2, -0.15) is 13.2 Å². The molecule has 23 heavy (non-hydrogen) atoms. The first-order chi connectivity index (χ1) is 10.9. The highest BCUT2D eigenvalue weighted by Gasteiger charge is 2.30. The molecule has 0 saturated heterocycles. The van der Waals surface area contributed by atoms with Crippen molar-refractivity contribution < 1.29 is 18.0 Å². The Balaban J connectivity index is -0.000000496. The zero-order chi connectivity index (χ0) is 18.9. The molecule has 1 N–H and O–H groups in total. The zero-order valence-electron chi connectivity index (χ0n) is 15.4. The number of rotatable bonds is 4. The summed E-state index contributed by atoms with van der Waals surface area (Å²) < 4.78 is 37.2. The number of carbonyl (C=O) groups excluding carboxylic acids is 1. The fraction of sp³-hybridized carbons (Fsp3) is 0.611. The van der Waals surface area contributed by atoms with E-state index in [1.807, 2.05) is 27.7 Å². The van der Waals surface area contributed by atoms with Crippen LogP contribution >= 0.6 is 0 Å². The third-order valence-corrected chi connectivity index (χ3v) is 2.24. The fourth-order valence-corrected chi connectivity index (χ4v) is 1.35. The quantitative estimate of drug-likeness (QED) is 0.736. The molecule has 0 spiro atoms. The van der Waals surface area contributed by atoms with E-state index in [9.17, 15) is 18.0 Å². The van der Waals surface area contributed by atoms with Crippen LogP contribution in [0.25, 0.3) is 0 Å². The average molecular weight is 335 g/mol. The molecule has 2 nitrogen and oxygen atoms in total. The largest absolute Gasteiger partial charge is 0.416 e. The van der Waals surface area contributed by atoms with E-state index in [2.05, 4.69) is 19.2 Å². The van der Waals surface area contributed by atoms with E-state index >= 15 is 0 Å². The fourth-order valence-electron chi connectivity index (χ4n) is 1.35. The molecular weight excluding hydrogens is 303 g/mol. The highest BCUT2D eigenvalue weighted by molar-refractivity contribution is 5.58. The molecule has 1 unspecified atom stereocenters. The summed E-state index contributed by atoms with van der Waals surface area (Å²) >= 11 is 0. The second-order valence-corrected chi connectivity index (χ2v) is 4.14. The molecule has 1 aromatic carbocycles. The number of hydrogen-bond acceptors (Lipinski definition) is 2. The van der Waals surface area contributed by atoms with Crippen molar-refractivity contribution in [1.82, 2.24) is 5.32 Å². The SMILES string of the molecule is CC.CC.CCC.CNC(C=O)Cc1cccc(C(F)(F)F)c1. The van der Waals surface area contributed by atoms with Crippen molar-refractivity contribution >= 4 is 6.29 Å². The Morgan fingerprint density at radius 1 is 1.13 bits per heavy atom. The highest BCUT2D eigenvalue weighted by atomic mass is 19.4. The minimum Gasteiger partial charge on any atom is -0.311 e. The summed E-state index contributed by atoms with van der Waals surface area (Å²) in [4.78, 5) is 10.5.